The number of aryl methyl sites for hydroxylation is 3. The molecule has 2 heterocycles. The van der Waals surface area contributed by atoms with Gasteiger partial charge in [0.2, 0.25) is 0 Å². The summed E-state index contributed by atoms with van der Waals surface area (Å²) < 4.78 is 25.3. The molecule has 0 spiro atoms. The molecule has 26 heavy (non-hydrogen) atoms. The first-order chi connectivity index (χ1) is 12.2. The maximum atomic E-state index is 12.6. The van der Waals surface area contributed by atoms with E-state index in [9.17, 15) is 13.2 Å². The smallest absolute Gasteiger partial charge is 0.186 e. The highest BCUT2D eigenvalue weighted by Gasteiger charge is 2.31. The van der Waals surface area contributed by atoms with Gasteiger partial charge in [-0.3, -0.25) is 9.48 Å². The summed E-state index contributed by atoms with van der Waals surface area (Å²) >= 11 is 0. The number of aromatic nitrogens is 2. The Morgan fingerprint density at radius 1 is 1.23 bits per heavy atom. The minimum atomic E-state index is -2.97. The Balaban J connectivity index is 1.87. The Hall–Kier alpha value is -2.21. The van der Waals surface area contributed by atoms with Crippen molar-refractivity contribution in [3.8, 4) is 0 Å². The van der Waals surface area contributed by atoms with Crippen LogP contribution in [0, 0.1) is 27.7 Å². The maximum absolute atomic E-state index is 12.6. The fourth-order valence-electron chi connectivity index (χ4n) is 3.49. The van der Waals surface area contributed by atoms with Gasteiger partial charge in [-0.05, 0) is 57.9 Å². The van der Waals surface area contributed by atoms with Gasteiger partial charge in [0.05, 0.1) is 23.2 Å². The molecule has 0 aliphatic carbocycles. The van der Waals surface area contributed by atoms with E-state index in [4.69, 9.17) is 0 Å². The number of hydrogen-bond donors (Lipinski definition) is 0. The van der Waals surface area contributed by atoms with Gasteiger partial charge in [-0.25, -0.2) is 8.42 Å². The van der Waals surface area contributed by atoms with Gasteiger partial charge >= 0.3 is 0 Å². The molecule has 1 aromatic carbocycles. The first kappa shape index (κ1) is 18.6. The summed E-state index contributed by atoms with van der Waals surface area (Å²) in [6, 6.07) is 5.72. The van der Waals surface area contributed by atoms with Crippen molar-refractivity contribution < 1.29 is 13.2 Å². The molecule has 3 rings (SSSR count). The molecule has 1 aliphatic rings. The zero-order valence-corrected chi connectivity index (χ0v) is 16.4. The van der Waals surface area contributed by atoms with Crippen molar-refractivity contribution in [1.82, 2.24) is 9.78 Å². The maximum Gasteiger partial charge on any atom is 0.186 e. The van der Waals surface area contributed by atoms with Crippen molar-refractivity contribution in [2.75, 3.05) is 11.5 Å². The van der Waals surface area contributed by atoms with Crippen LogP contribution >= 0.6 is 0 Å². The summed E-state index contributed by atoms with van der Waals surface area (Å²) in [6.45, 7) is 7.70. The van der Waals surface area contributed by atoms with Crippen LogP contribution in [0.3, 0.4) is 0 Å². The van der Waals surface area contributed by atoms with Crippen LogP contribution in [0.4, 0.5) is 0 Å². The molecule has 2 aromatic rings. The zero-order valence-electron chi connectivity index (χ0n) is 15.6. The number of ketones is 1. The van der Waals surface area contributed by atoms with E-state index in [0.717, 1.165) is 28.1 Å². The molecule has 5 nitrogen and oxygen atoms in total. The molecule has 0 saturated carbocycles. The van der Waals surface area contributed by atoms with Crippen LogP contribution in [0.25, 0.3) is 6.08 Å². The monoisotopic (exact) mass is 372 g/mol. The van der Waals surface area contributed by atoms with Crippen LogP contribution in [0.2, 0.25) is 0 Å². The van der Waals surface area contributed by atoms with Crippen LogP contribution in [-0.2, 0) is 9.84 Å². The van der Waals surface area contributed by atoms with Crippen LogP contribution in [0.1, 0.15) is 50.9 Å². The third-order valence-corrected chi connectivity index (χ3v) is 6.75. The lowest BCUT2D eigenvalue weighted by Crippen LogP contribution is -2.13. The summed E-state index contributed by atoms with van der Waals surface area (Å²) in [5.41, 5.74) is 5.28. The highest BCUT2D eigenvalue weighted by Crippen LogP contribution is 2.27. The average Bonchev–Trinajstić information content (AvgIpc) is 3.07. The predicted octanol–water partition coefficient (Wildman–Crippen LogP) is 3.37. The van der Waals surface area contributed by atoms with Gasteiger partial charge in [0.15, 0.2) is 15.6 Å². The van der Waals surface area contributed by atoms with Crippen LogP contribution in [0.5, 0.6) is 0 Å². The van der Waals surface area contributed by atoms with Gasteiger partial charge in [0, 0.05) is 16.8 Å². The van der Waals surface area contributed by atoms with E-state index in [1.165, 1.54) is 0 Å². The minimum absolute atomic E-state index is 0.0406. The van der Waals surface area contributed by atoms with Gasteiger partial charge < -0.3 is 0 Å². The molecular weight excluding hydrogens is 348 g/mol. The minimum Gasteiger partial charge on any atom is -0.289 e. The lowest BCUT2D eigenvalue weighted by molar-refractivity contribution is 0.104. The van der Waals surface area contributed by atoms with Gasteiger partial charge in [0.25, 0.3) is 0 Å². The Morgan fingerprint density at radius 2 is 1.96 bits per heavy atom. The largest absolute Gasteiger partial charge is 0.289 e. The summed E-state index contributed by atoms with van der Waals surface area (Å²) in [4.78, 5) is 12.6. The van der Waals surface area contributed by atoms with E-state index in [1.807, 2.05) is 50.6 Å². The molecule has 0 N–H and O–H groups in total. The Bertz CT molecular complexity index is 1000. The Kier molecular flexibility index (Phi) is 4.88. The van der Waals surface area contributed by atoms with E-state index in [2.05, 4.69) is 5.10 Å². The van der Waals surface area contributed by atoms with Crippen molar-refractivity contribution in [3.05, 3.63) is 57.9 Å². The quantitative estimate of drug-likeness (QED) is 0.609. The number of nitrogens with zero attached hydrogens (tertiary/aromatic N) is 2. The first-order valence-electron chi connectivity index (χ1n) is 8.74. The molecule has 0 bridgehead atoms. The Labute approximate surface area is 154 Å². The standard InChI is InChI=1S/C20H24N2O3S/c1-13-5-6-14(2)19(11-13)20(23)8-7-18-15(3)21-22(16(18)4)17-9-10-26(24,25)12-17/h5-8,11,17H,9-10,12H2,1-4H3/b8-7+/t17-/m1/s1. The van der Waals surface area contributed by atoms with Crippen LogP contribution in [0.15, 0.2) is 24.3 Å². The fraction of sp³-hybridized carbons (Fsp3) is 0.400. The molecule has 138 valence electrons. The highest BCUT2D eigenvalue weighted by atomic mass is 32.2. The average molecular weight is 372 g/mol. The zero-order chi connectivity index (χ0) is 19.1. The second-order valence-corrected chi connectivity index (χ2v) is 9.33. The molecule has 1 saturated heterocycles. The second kappa shape index (κ2) is 6.83. The van der Waals surface area contributed by atoms with E-state index >= 15 is 0 Å². The highest BCUT2D eigenvalue weighted by molar-refractivity contribution is 7.91. The van der Waals surface area contributed by atoms with E-state index in [0.29, 0.717) is 12.0 Å². The number of sulfone groups is 1. The third-order valence-electron chi connectivity index (χ3n) is 5.00. The number of allylic oxidation sites excluding steroid dienone is 1. The second-order valence-electron chi connectivity index (χ2n) is 7.10. The summed E-state index contributed by atoms with van der Waals surface area (Å²) in [6.07, 6.45) is 3.96. The molecule has 1 atom stereocenters. The van der Waals surface area contributed by atoms with Crippen LogP contribution < -0.4 is 0 Å². The fourth-order valence-corrected chi connectivity index (χ4v) is 5.18. The van der Waals surface area contributed by atoms with E-state index < -0.39 is 9.84 Å². The van der Waals surface area contributed by atoms with Crippen molar-refractivity contribution in [2.24, 2.45) is 0 Å². The number of benzene rings is 1. The third kappa shape index (κ3) is 3.65. The molecule has 1 fully saturated rings. The molecule has 1 aromatic heterocycles. The molecular formula is C20H24N2O3S. The van der Waals surface area contributed by atoms with Crippen molar-refractivity contribution in [3.63, 3.8) is 0 Å². The summed E-state index contributed by atoms with van der Waals surface area (Å²) in [7, 11) is -2.97. The normalized spacial score (nSPS) is 19.3. The van der Waals surface area contributed by atoms with Crippen LogP contribution in [-0.4, -0.2) is 35.5 Å². The van der Waals surface area contributed by atoms with E-state index in [1.54, 1.807) is 12.2 Å². The SMILES string of the molecule is Cc1ccc(C)c(C(=O)/C=C/c2c(C)nn([C@@H]3CCS(=O)(=O)C3)c2C)c1. The van der Waals surface area contributed by atoms with Gasteiger partial charge in [0.1, 0.15) is 0 Å². The lowest BCUT2D eigenvalue weighted by Gasteiger charge is -2.10. The molecule has 0 unspecified atom stereocenters. The molecule has 0 radical (unpaired) electrons. The summed E-state index contributed by atoms with van der Waals surface area (Å²) in [5.74, 6) is 0.312. The number of rotatable bonds is 4. The molecule has 0 amide bonds. The number of carbonyl (C=O) groups excluding carboxylic acids is 1. The first-order valence-corrected chi connectivity index (χ1v) is 10.6. The summed E-state index contributed by atoms with van der Waals surface area (Å²) in [5, 5.41) is 4.53. The van der Waals surface area contributed by atoms with E-state index in [-0.39, 0.29) is 23.3 Å². The Morgan fingerprint density at radius 3 is 2.62 bits per heavy atom. The van der Waals surface area contributed by atoms with Crippen molar-refractivity contribution in [1.29, 1.82) is 0 Å². The van der Waals surface area contributed by atoms with Gasteiger partial charge in [-0.15, -0.1) is 0 Å². The topological polar surface area (TPSA) is 69.0 Å². The lowest BCUT2D eigenvalue weighted by atomic mass is 10.0. The number of carbonyl (C=O) groups is 1. The predicted molar refractivity (Wildman–Crippen MR) is 103 cm³/mol. The molecule has 6 heteroatoms. The van der Waals surface area contributed by atoms with Crippen molar-refractivity contribution in [2.45, 2.75) is 40.2 Å². The van der Waals surface area contributed by atoms with Crippen molar-refractivity contribution >= 4 is 21.7 Å². The molecule has 1 aliphatic heterocycles. The van der Waals surface area contributed by atoms with Gasteiger partial charge in [-0.1, -0.05) is 17.7 Å². The van der Waals surface area contributed by atoms with Gasteiger partial charge in [-0.2, -0.15) is 5.10 Å². The number of hydrogen-bond acceptors (Lipinski definition) is 4.